The van der Waals surface area contributed by atoms with E-state index in [2.05, 4.69) is 4.84 Å². The minimum atomic E-state index is 0.274. The average molecular weight is 166 g/mol. The van der Waals surface area contributed by atoms with Crippen LogP contribution in [0.5, 0.6) is 11.5 Å². The summed E-state index contributed by atoms with van der Waals surface area (Å²) in [6.45, 7) is 0.553. The van der Waals surface area contributed by atoms with E-state index in [1.165, 1.54) is 0 Å². The molecule has 1 aliphatic heterocycles. The molecule has 1 aromatic rings. The molecule has 0 fully saturated rings. The molecule has 1 N–H and O–H groups in total. The lowest BCUT2D eigenvalue weighted by atomic mass is 10.2. The van der Waals surface area contributed by atoms with Gasteiger partial charge in [-0.25, -0.2) is 0 Å². The number of hydrogen-bond acceptors (Lipinski definition) is 3. The summed E-state index contributed by atoms with van der Waals surface area (Å²) < 4.78 is 10.3. The van der Waals surface area contributed by atoms with Crippen molar-refractivity contribution in [3.8, 4) is 11.5 Å². The lowest BCUT2D eigenvalue weighted by molar-refractivity contribution is 0.104. The Labute approximate surface area is 69.8 Å². The van der Waals surface area contributed by atoms with Crippen molar-refractivity contribution in [3.05, 3.63) is 23.8 Å². The fourth-order valence-corrected chi connectivity index (χ4v) is 1.11. The van der Waals surface area contributed by atoms with Crippen molar-refractivity contribution in [2.24, 2.45) is 0 Å². The van der Waals surface area contributed by atoms with Crippen molar-refractivity contribution in [1.82, 2.24) is 5.90 Å². The fourth-order valence-electron chi connectivity index (χ4n) is 1.11. The first-order valence-corrected chi connectivity index (χ1v) is 3.57. The van der Waals surface area contributed by atoms with Gasteiger partial charge in [-0.05, 0) is 17.7 Å². The number of fused-ring (bicyclic) bond motifs is 1. The zero-order valence-corrected chi connectivity index (χ0v) is 6.37. The Morgan fingerprint density at radius 2 is 2.17 bits per heavy atom. The van der Waals surface area contributed by atoms with Crippen LogP contribution >= 0.6 is 0 Å². The van der Waals surface area contributed by atoms with Crippen LogP contribution in [0.4, 0.5) is 0 Å². The third-order valence-electron chi connectivity index (χ3n) is 1.68. The van der Waals surface area contributed by atoms with Crippen molar-refractivity contribution >= 4 is 0 Å². The molecule has 1 aliphatic rings. The smallest absolute Gasteiger partial charge is 0.231 e. The Hall–Kier alpha value is -1.26. The standard InChI is InChI=1S/C8H8NO3/c9-12-4-6-1-2-7-8(3-6)11-5-10-7/h1-3,9H,4-5H2. The Balaban J connectivity index is 2.26. The Morgan fingerprint density at radius 3 is 3.00 bits per heavy atom. The first-order chi connectivity index (χ1) is 5.90. The molecule has 0 unspecified atom stereocenters. The molecule has 12 heavy (non-hydrogen) atoms. The summed E-state index contributed by atoms with van der Waals surface area (Å²) in [7, 11) is 0. The highest BCUT2D eigenvalue weighted by Gasteiger charge is 2.12. The highest BCUT2D eigenvalue weighted by molar-refractivity contribution is 5.44. The number of benzene rings is 1. The van der Waals surface area contributed by atoms with Crippen molar-refractivity contribution in [2.45, 2.75) is 6.61 Å². The van der Waals surface area contributed by atoms with Gasteiger partial charge < -0.3 is 9.47 Å². The molecule has 0 aliphatic carbocycles. The summed E-state index contributed by atoms with van der Waals surface area (Å²) >= 11 is 0. The van der Waals surface area contributed by atoms with Crippen LogP contribution < -0.4 is 15.4 Å². The van der Waals surface area contributed by atoms with Crippen molar-refractivity contribution in [2.75, 3.05) is 6.79 Å². The van der Waals surface area contributed by atoms with E-state index in [1.807, 2.05) is 18.2 Å². The van der Waals surface area contributed by atoms with Gasteiger partial charge >= 0.3 is 0 Å². The minimum Gasteiger partial charge on any atom is -0.454 e. The van der Waals surface area contributed by atoms with Crippen molar-refractivity contribution < 1.29 is 14.3 Å². The highest BCUT2D eigenvalue weighted by atomic mass is 16.7. The number of nitrogens with one attached hydrogen (secondary N) is 1. The predicted molar refractivity (Wildman–Crippen MR) is 40.5 cm³/mol. The van der Waals surface area contributed by atoms with E-state index >= 15 is 0 Å². The summed E-state index contributed by atoms with van der Waals surface area (Å²) in [4.78, 5) is 4.24. The molecule has 1 heterocycles. The zero-order chi connectivity index (χ0) is 8.39. The van der Waals surface area contributed by atoms with E-state index < -0.39 is 0 Å². The van der Waals surface area contributed by atoms with E-state index in [-0.39, 0.29) is 13.4 Å². The maximum Gasteiger partial charge on any atom is 0.231 e. The predicted octanol–water partition coefficient (Wildman–Crippen LogP) is 1.13. The van der Waals surface area contributed by atoms with Gasteiger partial charge in [0.2, 0.25) is 6.79 Å². The van der Waals surface area contributed by atoms with Gasteiger partial charge in [-0.3, -0.25) is 4.84 Å². The van der Waals surface area contributed by atoms with Gasteiger partial charge in [-0.15, -0.1) is 5.90 Å². The first-order valence-electron chi connectivity index (χ1n) is 3.57. The summed E-state index contributed by atoms with van der Waals surface area (Å²) in [6.07, 6.45) is 0. The molecule has 0 spiro atoms. The van der Waals surface area contributed by atoms with Gasteiger partial charge in [0.05, 0.1) is 6.61 Å². The van der Waals surface area contributed by atoms with Crippen LogP contribution in [-0.2, 0) is 11.4 Å². The molecule has 4 heteroatoms. The fraction of sp³-hybridized carbons (Fsp3) is 0.250. The monoisotopic (exact) mass is 166 g/mol. The van der Waals surface area contributed by atoms with E-state index in [4.69, 9.17) is 15.4 Å². The molecule has 4 nitrogen and oxygen atoms in total. The van der Waals surface area contributed by atoms with E-state index in [0.29, 0.717) is 0 Å². The van der Waals surface area contributed by atoms with Gasteiger partial charge in [0.1, 0.15) is 0 Å². The molecular weight excluding hydrogens is 158 g/mol. The molecule has 0 saturated carbocycles. The third-order valence-corrected chi connectivity index (χ3v) is 1.68. The lowest BCUT2D eigenvalue weighted by Crippen LogP contribution is -1.93. The van der Waals surface area contributed by atoms with Gasteiger partial charge in [0.15, 0.2) is 11.5 Å². The van der Waals surface area contributed by atoms with Crippen LogP contribution in [0.2, 0.25) is 0 Å². The number of rotatable bonds is 2. The van der Waals surface area contributed by atoms with E-state index in [1.54, 1.807) is 0 Å². The minimum absolute atomic E-state index is 0.274. The van der Waals surface area contributed by atoms with Gasteiger partial charge in [0, 0.05) is 0 Å². The summed E-state index contributed by atoms with van der Waals surface area (Å²) in [6, 6.07) is 5.48. The van der Waals surface area contributed by atoms with Crippen LogP contribution in [0.25, 0.3) is 0 Å². The van der Waals surface area contributed by atoms with Gasteiger partial charge in [-0.2, -0.15) is 0 Å². The average Bonchev–Trinajstić information content (AvgIpc) is 2.51. The topological polar surface area (TPSA) is 51.5 Å². The van der Waals surface area contributed by atoms with Crippen LogP contribution in [0, 0.1) is 0 Å². The normalized spacial score (nSPS) is 13.4. The third kappa shape index (κ3) is 1.22. The molecule has 63 valence electrons. The maximum absolute atomic E-state index is 6.56. The molecule has 0 amide bonds. The Morgan fingerprint density at radius 1 is 1.33 bits per heavy atom. The van der Waals surface area contributed by atoms with E-state index in [0.717, 1.165) is 17.1 Å². The molecule has 0 saturated heterocycles. The van der Waals surface area contributed by atoms with Gasteiger partial charge in [-0.1, -0.05) is 6.07 Å². The maximum atomic E-state index is 6.56. The molecular formula is C8H8NO3. The highest BCUT2D eigenvalue weighted by Crippen LogP contribution is 2.32. The molecule has 0 aromatic heterocycles. The molecule has 1 aromatic carbocycles. The second-order valence-electron chi connectivity index (χ2n) is 2.48. The van der Waals surface area contributed by atoms with Crippen LogP contribution in [0.15, 0.2) is 18.2 Å². The lowest BCUT2D eigenvalue weighted by Gasteiger charge is -1.99. The quantitative estimate of drug-likeness (QED) is 0.619. The largest absolute Gasteiger partial charge is 0.454 e. The van der Waals surface area contributed by atoms with Gasteiger partial charge in [0.25, 0.3) is 0 Å². The van der Waals surface area contributed by atoms with Crippen molar-refractivity contribution in [3.63, 3.8) is 0 Å². The van der Waals surface area contributed by atoms with Crippen LogP contribution in [0.1, 0.15) is 5.56 Å². The second-order valence-corrected chi connectivity index (χ2v) is 2.48. The van der Waals surface area contributed by atoms with Crippen LogP contribution in [-0.4, -0.2) is 6.79 Å². The zero-order valence-electron chi connectivity index (χ0n) is 6.37. The molecule has 0 atom stereocenters. The first kappa shape index (κ1) is 7.39. The number of hydrogen-bond donors (Lipinski definition) is 0. The summed E-state index contributed by atoms with van der Waals surface area (Å²) in [5, 5.41) is 0. The van der Waals surface area contributed by atoms with Crippen LogP contribution in [0.3, 0.4) is 0 Å². The van der Waals surface area contributed by atoms with E-state index in [9.17, 15) is 0 Å². The molecule has 1 radical (unpaired) electrons. The number of ether oxygens (including phenoxy) is 2. The molecule has 2 rings (SSSR count). The Bertz CT molecular complexity index is 288. The SMILES string of the molecule is [NH]OCc1ccc2c(c1)OCO2. The summed E-state index contributed by atoms with van der Waals surface area (Å²) in [5.74, 6) is 8.04. The second kappa shape index (κ2) is 3.00. The Kier molecular flexibility index (Phi) is 1.85. The molecule has 0 bridgehead atoms. The van der Waals surface area contributed by atoms with Crippen molar-refractivity contribution in [1.29, 1.82) is 0 Å². The summed E-state index contributed by atoms with van der Waals surface area (Å²) in [5.41, 5.74) is 0.911.